The first-order valence-electron chi connectivity index (χ1n) is 4.62. The summed E-state index contributed by atoms with van der Waals surface area (Å²) in [6, 6.07) is 1.78. The number of hydrogen-bond donors (Lipinski definition) is 1. The zero-order valence-electron chi connectivity index (χ0n) is 8.58. The number of aromatic nitrogens is 2. The highest BCUT2D eigenvalue weighted by atomic mass is 16.1. The van der Waals surface area contributed by atoms with Gasteiger partial charge in [0, 0.05) is 18.8 Å². The monoisotopic (exact) mass is 193 g/mol. The van der Waals surface area contributed by atoms with E-state index in [9.17, 15) is 4.79 Å². The van der Waals surface area contributed by atoms with Gasteiger partial charge in [-0.05, 0) is 19.9 Å². The van der Waals surface area contributed by atoms with Gasteiger partial charge in [0.05, 0.1) is 0 Å². The van der Waals surface area contributed by atoms with Crippen molar-refractivity contribution in [2.45, 2.75) is 20.4 Å². The third kappa shape index (κ3) is 2.22. The van der Waals surface area contributed by atoms with Gasteiger partial charge < -0.3 is 5.32 Å². The Balaban J connectivity index is 2.75. The lowest BCUT2D eigenvalue weighted by molar-refractivity contribution is 0.0952. The van der Waals surface area contributed by atoms with E-state index in [0.717, 1.165) is 12.2 Å². The topological polar surface area (TPSA) is 46.9 Å². The van der Waals surface area contributed by atoms with Gasteiger partial charge in [-0.25, -0.2) is 0 Å². The normalized spacial score (nSPS) is 9.86. The fourth-order valence-electron chi connectivity index (χ4n) is 1.20. The molecule has 4 nitrogen and oxygen atoms in total. The molecule has 76 valence electrons. The molecule has 1 heterocycles. The summed E-state index contributed by atoms with van der Waals surface area (Å²) in [5.41, 5.74) is 1.46. The summed E-state index contributed by atoms with van der Waals surface area (Å²) in [6.45, 7) is 8.70. The van der Waals surface area contributed by atoms with Crippen LogP contribution in [0.4, 0.5) is 0 Å². The summed E-state index contributed by atoms with van der Waals surface area (Å²) in [7, 11) is 0. The van der Waals surface area contributed by atoms with Crippen molar-refractivity contribution in [3.63, 3.8) is 0 Å². The van der Waals surface area contributed by atoms with Crippen molar-refractivity contribution >= 4 is 5.91 Å². The van der Waals surface area contributed by atoms with Crippen molar-refractivity contribution in [2.75, 3.05) is 6.54 Å². The number of nitrogens with one attached hydrogen (secondary N) is 1. The van der Waals surface area contributed by atoms with Gasteiger partial charge in [-0.3, -0.25) is 9.48 Å². The fraction of sp³-hybridized carbons (Fsp3) is 0.400. The standard InChI is InChI=1S/C10H15N3O/c1-4-6-11-10(14)9-7-8(3)13(5-2)12-9/h4,7H,1,5-6H2,2-3H3,(H,11,14). The minimum atomic E-state index is -0.153. The Bertz CT molecular complexity index is 341. The smallest absolute Gasteiger partial charge is 0.272 e. The van der Waals surface area contributed by atoms with E-state index < -0.39 is 0 Å². The molecule has 0 atom stereocenters. The average molecular weight is 193 g/mol. The lowest BCUT2D eigenvalue weighted by Gasteiger charge is -1.98. The van der Waals surface area contributed by atoms with Gasteiger partial charge in [-0.2, -0.15) is 5.10 Å². The van der Waals surface area contributed by atoms with Gasteiger partial charge in [-0.15, -0.1) is 6.58 Å². The van der Waals surface area contributed by atoms with Crippen molar-refractivity contribution in [1.29, 1.82) is 0 Å². The molecule has 0 aromatic carbocycles. The number of amides is 1. The number of hydrogen-bond acceptors (Lipinski definition) is 2. The molecule has 0 unspecified atom stereocenters. The Labute approximate surface area is 83.6 Å². The number of nitrogens with zero attached hydrogens (tertiary/aromatic N) is 2. The van der Waals surface area contributed by atoms with E-state index in [4.69, 9.17) is 0 Å². The third-order valence-electron chi connectivity index (χ3n) is 1.92. The van der Waals surface area contributed by atoms with E-state index in [2.05, 4.69) is 17.0 Å². The van der Waals surface area contributed by atoms with Gasteiger partial charge in [-0.1, -0.05) is 6.08 Å². The maximum atomic E-state index is 11.5. The van der Waals surface area contributed by atoms with Crippen LogP contribution in [-0.4, -0.2) is 22.2 Å². The van der Waals surface area contributed by atoms with Gasteiger partial charge in [0.1, 0.15) is 5.69 Å². The van der Waals surface area contributed by atoms with Crippen LogP contribution in [0, 0.1) is 6.92 Å². The van der Waals surface area contributed by atoms with Crippen LogP contribution in [0.15, 0.2) is 18.7 Å². The van der Waals surface area contributed by atoms with Gasteiger partial charge >= 0.3 is 0 Å². The lowest BCUT2D eigenvalue weighted by atomic mass is 10.3. The third-order valence-corrected chi connectivity index (χ3v) is 1.92. The number of carbonyl (C=O) groups is 1. The number of aryl methyl sites for hydroxylation is 2. The number of rotatable bonds is 4. The molecule has 0 aliphatic carbocycles. The maximum absolute atomic E-state index is 11.5. The van der Waals surface area contributed by atoms with Crippen molar-refractivity contribution in [3.05, 3.63) is 30.1 Å². The Morgan fingerprint density at radius 1 is 1.79 bits per heavy atom. The van der Waals surface area contributed by atoms with Gasteiger partial charge in [0.25, 0.3) is 5.91 Å². The van der Waals surface area contributed by atoms with Crippen LogP contribution >= 0.6 is 0 Å². The summed E-state index contributed by atoms with van der Waals surface area (Å²) in [5, 5.41) is 6.83. The first kappa shape index (κ1) is 10.5. The van der Waals surface area contributed by atoms with Crippen molar-refractivity contribution in [2.24, 2.45) is 0 Å². The molecule has 1 aromatic rings. The molecule has 0 fully saturated rings. The summed E-state index contributed by atoms with van der Waals surface area (Å²) in [6.07, 6.45) is 1.64. The quantitative estimate of drug-likeness (QED) is 0.728. The van der Waals surface area contributed by atoms with Crippen LogP contribution in [0.2, 0.25) is 0 Å². The summed E-state index contributed by atoms with van der Waals surface area (Å²) in [4.78, 5) is 11.5. The zero-order valence-corrected chi connectivity index (χ0v) is 8.58. The van der Waals surface area contributed by atoms with Crippen molar-refractivity contribution in [3.8, 4) is 0 Å². The average Bonchev–Trinajstić information content (AvgIpc) is 2.56. The van der Waals surface area contributed by atoms with Crippen LogP contribution in [-0.2, 0) is 6.54 Å². The van der Waals surface area contributed by atoms with E-state index in [1.165, 1.54) is 0 Å². The second kappa shape index (κ2) is 4.60. The van der Waals surface area contributed by atoms with E-state index in [1.54, 1.807) is 16.8 Å². The first-order chi connectivity index (χ1) is 6.69. The molecule has 0 bridgehead atoms. The Morgan fingerprint density at radius 3 is 3.00 bits per heavy atom. The molecule has 1 rings (SSSR count). The molecule has 4 heteroatoms. The second-order valence-electron chi connectivity index (χ2n) is 2.99. The molecule has 1 amide bonds. The molecular formula is C10H15N3O. The SMILES string of the molecule is C=CCNC(=O)c1cc(C)n(CC)n1. The van der Waals surface area contributed by atoms with Gasteiger partial charge in [0.2, 0.25) is 0 Å². The highest BCUT2D eigenvalue weighted by Crippen LogP contribution is 2.02. The van der Waals surface area contributed by atoms with Crippen molar-refractivity contribution in [1.82, 2.24) is 15.1 Å². The second-order valence-corrected chi connectivity index (χ2v) is 2.99. The van der Waals surface area contributed by atoms with Crippen LogP contribution < -0.4 is 5.32 Å². The van der Waals surface area contributed by atoms with Crippen molar-refractivity contribution < 1.29 is 4.79 Å². The molecule has 1 aromatic heterocycles. The minimum absolute atomic E-state index is 0.153. The lowest BCUT2D eigenvalue weighted by Crippen LogP contribution is -2.23. The van der Waals surface area contributed by atoms with Crippen LogP contribution in [0.5, 0.6) is 0 Å². The van der Waals surface area contributed by atoms with Gasteiger partial charge in [0.15, 0.2) is 0 Å². The predicted octanol–water partition coefficient (Wildman–Crippen LogP) is 1.13. The molecule has 0 aliphatic heterocycles. The molecule has 0 saturated carbocycles. The highest BCUT2D eigenvalue weighted by Gasteiger charge is 2.09. The number of carbonyl (C=O) groups excluding carboxylic acids is 1. The summed E-state index contributed by atoms with van der Waals surface area (Å²) in [5.74, 6) is -0.153. The van der Waals surface area contributed by atoms with Crippen LogP contribution in [0.1, 0.15) is 23.1 Å². The summed E-state index contributed by atoms with van der Waals surface area (Å²) < 4.78 is 1.79. The maximum Gasteiger partial charge on any atom is 0.272 e. The first-order valence-corrected chi connectivity index (χ1v) is 4.62. The molecule has 0 radical (unpaired) electrons. The molecule has 0 saturated heterocycles. The predicted molar refractivity (Wildman–Crippen MR) is 55.2 cm³/mol. The molecular weight excluding hydrogens is 178 g/mol. The zero-order chi connectivity index (χ0) is 10.6. The van der Waals surface area contributed by atoms with E-state index in [0.29, 0.717) is 12.2 Å². The molecule has 14 heavy (non-hydrogen) atoms. The van der Waals surface area contributed by atoms with Crippen LogP contribution in [0.3, 0.4) is 0 Å². The van der Waals surface area contributed by atoms with Crippen LogP contribution in [0.25, 0.3) is 0 Å². The van der Waals surface area contributed by atoms with E-state index in [-0.39, 0.29) is 5.91 Å². The molecule has 0 aliphatic rings. The Morgan fingerprint density at radius 2 is 2.50 bits per heavy atom. The summed E-state index contributed by atoms with van der Waals surface area (Å²) >= 11 is 0. The largest absolute Gasteiger partial charge is 0.347 e. The van der Waals surface area contributed by atoms with E-state index in [1.807, 2.05) is 13.8 Å². The minimum Gasteiger partial charge on any atom is -0.347 e. The Hall–Kier alpha value is -1.58. The van der Waals surface area contributed by atoms with E-state index >= 15 is 0 Å². The Kier molecular flexibility index (Phi) is 3.45. The highest BCUT2D eigenvalue weighted by molar-refractivity contribution is 5.92. The molecule has 1 N–H and O–H groups in total. The fourth-order valence-corrected chi connectivity index (χ4v) is 1.20. The molecule has 0 spiro atoms.